The number of halogens is 1. The number of aromatic nitrogens is 1. The van der Waals surface area contributed by atoms with Gasteiger partial charge in [-0.05, 0) is 37.3 Å². The first kappa shape index (κ1) is 13.7. The van der Waals surface area contributed by atoms with Crippen molar-refractivity contribution in [1.82, 2.24) is 4.98 Å². The lowest BCUT2D eigenvalue weighted by molar-refractivity contribution is 0.0698. The Labute approximate surface area is 114 Å². The van der Waals surface area contributed by atoms with Gasteiger partial charge in [0, 0.05) is 11.9 Å². The van der Waals surface area contributed by atoms with Crippen molar-refractivity contribution in [1.29, 1.82) is 0 Å². The van der Waals surface area contributed by atoms with Gasteiger partial charge in [0.1, 0.15) is 5.82 Å². The van der Waals surface area contributed by atoms with Gasteiger partial charge in [0.15, 0.2) is 0 Å². The van der Waals surface area contributed by atoms with Crippen molar-refractivity contribution in [2.75, 3.05) is 5.32 Å². The van der Waals surface area contributed by atoms with Crippen LogP contribution in [0.25, 0.3) is 0 Å². The van der Waals surface area contributed by atoms with Crippen LogP contribution in [0.5, 0.6) is 0 Å². The van der Waals surface area contributed by atoms with Gasteiger partial charge in [-0.25, -0.2) is 9.18 Å². The van der Waals surface area contributed by atoms with Crippen molar-refractivity contribution in [3.8, 4) is 0 Å². The number of rotatable bonds is 3. The van der Waals surface area contributed by atoms with Gasteiger partial charge in [0.25, 0.3) is 5.91 Å². The average molecular weight is 274 g/mol. The molecule has 2 N–H and O–H groups in total. The van der Waals surface area contributed by atoms with Gasteiger partial charge in [-0.1, -0.05) is 0 Å². The molecule has 0 aliphatic rings. The van der Waals surface area contributed by atoms with E-state index >= 15 is 0 Å². The molecule has 0 aliphatic heterocycles. The number of carboxylic acid groups (broad SMARTS) is 1. The fraction of sp³-hybridized carbons (Fsp3) is 0.0714. The number of pyridine rings is 1. The van der Waals surface area contributed by atoms with Crippen molar-refractivity contribution in [3.05, 3.63) is 59.2 Å². The molecule has 0 fully saturated rings. The van der Waals surface area contributed by atoms with Crippen molar-refractivity contribution in [2.24, 2.45) is 0 Å². The van der Waals surface area contributed by atoms with Gasteiger partial charge in [-0.2, -0.15) is 0 Å². The van der Waals surface area contributed by atoms with E-state index in [1.165, 1.54) is 6.20 Å². The van der Waals surface area contributed by atoms with Crippen molar-refractivity contribution in [3.63, 3.8) is 0 Å². The number of aryl methyl sites for hydroxylation is 1. The maximum atomic E-state index is 13.2. The molecule has 0 unspecified atom stereocenters. The zero-order valence-electron chi connectivity index (χ0n) is 10.6. The first-order valence-corrected chi connectivity index (χ1v) is 5.75. The van der Waals surface area contributed by atoms with E-state index in [1.54, 1.807) is 19.1 Å². The molecule has 0 radical (unpaired) electrons. The number of benzene rings is 1. The molecule has 2 aromatic rings. The molecule has 0 saturated heterocycles. The molecule has 20 heavy (non-hydrogen) atoms. The monoisotopic (exact) mass is 274 g/mol. The standard InChI is InChI=1S/C14H11FN2O3/c1-8-10(3-2-6-16-8)13(18)17-12-7-9(15)4-5-11(12)14(19)20/h2-7H,1H3,(H,17,18)(H,19,20). The van der Waals surface area contributed by atoms with Crippen LogP contribution in [0.3, 0.4) is 0 Å². The Hall–Kier alpha value is -2.76. The molecule has 0 aliphatic carbocycles. The molecule has 0 bridgehead atoms. The lowest BCUT2D eigenvalue weighted by Gasteiger charge is -2.09. The third-order valence-corrected chi connectivity index (χ3v) is 2.71. The minimum atomic E-state index is -1.25. The SMILES string of the molecule is Cc1ncccc1C(=O)Nc1cc(F)ccc1C(=O)O. The molecule has 5 nitrogen and oxygen atoms in total. The van der Waals surface area contributed by atoms with E-state index < -0.39 is 17.7 Å². The summed E-state index contributed by atoms with van der Waals surface area (Å²) in [6, 6.07) is 6.23. The Morgan fingerprint density at radius 3 is 2.65 bits per heavy atom. The van der Waals surface area contributed by atoms with Crippen molar-refractivity contribution in [2.45, 2.75) is 6.92 Å². The van der Waals surface area contributed by atoms with Crippen LogP contribution in [0.1, 0.15) is 26.4 Å². The number of anilines is 1. The van der Waals surface area contributed by atoms with E-state index in [-0.39, 0.29) is 11.3 Å². The van der Waals surface area contributed by atoms with E-state index in [0.29, 0.717) is 11.3 Å². The number of carboxylic acids is 1. The fourth-order valence-electron chi connectivity index (χ4n) is 1.72. The lowest BCUT2D eigenvalue weighted by atomic mass is 10.1. The number of hydrogen-bond acceptors (Lipinski definition) is 3. The minimum absolute atomic E-state index is 0.0919. The molecule has 1 amide bonds. The van der Waals surface area contributed by atoms with E-state index in [0.717, 1.165) is 18.2 Å². The highest BCUT2D eigenvalue weighted by molar-refractivity contribution is 6.08. The molecule has 6 heteroatoms. The number of carbonyl (C=O) groups is 2. The maximum absolute atomic E-state index is 13.2. The van der Waals surface area contributed by atoms with Crippen LogP contribution in [-0.2, 0) is 0 Å². The quantitative estimate of drug-likeness (QED) is 0.901. The smallest absolute Gasteiger partial charge is 0.337 e. The molecule has 0 saturated carbocycles. The molecule has 0 spiro atoms. The van der Waals surface area contributed by atoms with E-state index in [1.807, 2.05) is 0 Å². The first-order valence-electron chi connectivity index (χ1n) is 5.75. The van der Waals surface area contributed by atoms with Gasteiger partial charge >= 0.3 is 5.97 Å². The second-order valence-electron chi connectivity index (χ2n) is 4.09. The third kappa shape index (κ3) is 2.80. The summed E-state index contributed by atoms with van der Waals surface area (Å²) < 4.78 is 13.2. The molecule has 0 atom stereocenters. The molecule has 1 aromatic heterocycles. The van der Waals surface area contributed by atoms with E-state index in [9.17, 15) is 14.0 Å². The van der Waals surface area contributed by atoms with Gasteiger partial charge in [0.05, 0.1) is 16.8 Å². The highest BCUT2D eigenvalue weighted by atomic mass is 19.1. The van der Waals surface area contributed by atoms with E-state index in [4.69, 9.17) is 5.11 Å². The van der Waals surface area contributed by atoms with Crippen molar-refractivity contribution >= 4 is 17.6 Å². The normalized spacial score (nSPS) is 10.1. The summed E-state index contributed by atoms with van der Waals surface area (Å²) in [5, 5.41) is 11.4. The minimum Gasteiger partial charge on any atom is -0.478 e. The zero-order valence-corrected chi connectivity index (χ0v) is 10.6. The molecule has 102 valence electrons. The second kappa shape index (κ2) is 5.48. The molecular weight excluding hydrogens is 263 g/mol. The summed E-state index contributed by atoms with van der Waals surface area (Å²) in [5.41, 5.74) is 0.526. The Morgan fingerprint density at radius 1 is 1.25 bits per heavy atom. The van der Waals surface area contributed by atoms with Crippen LogP contribution in [0.15, 0.2) is 36.5 Å². The first-order chi connectivity index (χ1) is 9.49. The largest absolute Gasteiger partial charge is 0.478 e. The maximum Gasteiger partial charge on any atom is 0.337 e. The summed E-state index contributed by atoms with van der Waals surface area (Å²) in [4.78, 5) is 27.1. The van der Waals surface area contributed by atoms with Gasteiger partial charge in [0.2, 0.25) is 0 Å². The summed E-state index contributed by atoms with van der Waals surface area (Å²) in [7, 11) is 0. The van der Waals surface area contributed by atoms with Crippen LogP contribution in [0.4, 0.5) is 10.1 Å². The lowest BCUT2D eigenvalue weighted by Crippen LogP contribution is -2.16. The number of carbonyl (C=O) groups excluding carboxylic acids is 1. The van der Waals surface area contributed by atoms with Crippen LogP contribution < -0.4 is 5.32 Å². The van der Waals surface area contributed by atoms with Crippen molar-refractivity contribution < 1.29 is 19.1 Å². The Balaban J connectivity index is 2.35. The number of nitrogens with one attached hydrogen (secondary N) is 1. The second-order valence-corrected chi connectivity index (χ2v) is 4.09. The Bertz CT molecular complexity index is 686. The zero-order chi connectivity index (χ0) is 14.7. The topological polar surface area (TPSA) is 79.3 Å². The number of aromatic carboxylic acids is 1. The molecule has 2 rings (SSSR count). The predicted molar refractivity (Wildman–Crippen MR) is 70.3 cm³/mol. The van der Waals surface area contributed by atoms with Crippen LogP contribution in [-0.4, -0.2) is 22.0 Å². The molecule has 1 heterocycles. The predicted octanol–water partition coefficient (Wildman–Crippen LogP) is 2.48. The molecular formula is C14H11FN2O3. The van der Waals surface area contributed by atoms with E-state index in [2.05, 4.69) is 10.3 Å². The van der Waals surface area contributed by atoms with Crippen LogP contribution in [0, 0.1) is 12.7 Å². The van der Waals surface area contributed by atoms with Gasteiger partial charge in [-0.3, -0.25) is 9.78 Å². The third-order valence-electron chi connectivity index (χ3n) is 2.71. The molecule has 1 aromatic carbocycles. The van der Waals surface area contributed by atoms with Crippen LogP contribution in [0.2, 0.25) is 0 Å². The van der Waals surface area contributed by atoms with Gasteiger partial charge < -0.3 is 10.4 Å². The highest BCUT2D eigenvalue weighted by Crippen LogP contribution is 2.18. The Morgan fingerprint density at radius 2 is 2.00 bits per heavy atom. The summed E-state index contributed by atoms with van der Waals surface area (Å²) in [6.07, 6.45) is 1.54. The average Bonchev–Trinajstić information content (AvgIpc) is 2.38. The number of hydrogen-bond donors (Lipinski definition) is 2. The fourth-order valence-corrected chi connectivity index (χ4v) is 1.72. The van der Waals surface area contributed by atoms with Crippen LogP contribution >= 0.6 is 0 Å². The Kier molecular flexibility index (Phi) is 3.74. The number of nitrogens with zero attached hydrogens (tertiary/aromatic N) is 1. The highest BCUT2D eigenvalue weighted by Gasteiger charge is 2.15. The summed E-state index contributed by atoms with van der Waals surface area (Å²) in [5.74, 6) is -2.42. The summed E-state index contributed by atoms with van der Waals surface area (Å²) >= 11 is 0. The summed E-state index contributed by atoms with van der Waals surface area (Å²) in [6.45, 7) is 1.65. The van der Waals surface area contributed by atoms with Gasteiger partial charge in [-0.15, -0.1) is 0 Å². The number of amides is 1.